The average Bonchev–Trinajstić information content (AvgIpc) is 2.92. The van der Waals surface area contributed by atoms with E-state index in [1.807, 2.05) is 17.0 Å². The number of halogens is 2. The third-order valence-electron chi connectivity index (χ3n) is 6.15. The van der Waals surface area contributed by atoms with E-state index >= 15 is 0 Å². The van der Waals surface area contributed by atoms with Crippen molar-refractivity contribution in [1.29, 1.82) is 0 Å². The van der Waals surface area contributed by atoms with Crippen LogP contribution in [0.25, 0.3) is 16.6 Å². The summed E-state index contributed by atoms with van der Waals surface area (Å²) in [4.78, 5) is 34.5. The molecule has 1 aliphatic heterocycles. The molecule has 1 aliphatic rings. The van der Waals surface area contributed by atoms with Gasteiger partial charge in [0.25, 0.3) is 5.56 Å². The van der Waals surface area contributed by atoms with Crippen molar-refractivity contribution in [2.24, 2.45) is 0 Å². The zero-order valence-corrected chi connectivity index (χ0v) is 21.5. The maximum atomic E-state index is 14.1. The summed E-state index contributed by atoms with van der Waals surface area (Å²) in [5.74, 6) is -0.317. The Hall–Kier alpha value is -3.37. The van der Waals surface area contributed by atoms with E-state index in [1.165, 1.54) is 46.3 Å². The molecule has 6 nitrogen and oxygen atoms in total. The van der Waals surface area contributed by atoms with E-state index in [9.17, 15) is 18.4 Å². The Morgan fingerprint density at radius 1 is 0.892 bits per heavy atom. The van der Waals surface area contributed by atoms with Gasteiger partial charge in [-0.25, -0.2) is 13.8 Å². The zero-order chi connectivity index (χ0) is 25.8. The zero-order valence-electron chi connectivity index (χ0n) is 19.8. The number of piperazine rings is 1. The van der Waals surface area contributed by atoms with E-state index in [1.54, 1.807) is 47.4 Å². The first kappa shape index (κ1) is 25.3. The van der Waals surface area contributed by atoms with Crippen molar-refractivity contribution in [2.45, 2.75) is 5.16 Å². The highest BCUT2D eigenvalue weighted by molar-refractivity contribution is 8.16. The Morgan fingerprint density at radius 3 is 2.35 bits per heavy atom. The Morgan fingerprint density at radius 2 is 1.59 bits per heavy atom. The number of amides is 1. The third-order valence-corrected chi connectivity index (χ3v) is 8.27. The molecule has 0 unspecified atom stereocenters. The van der Waals surface area contributed by atoms with Crippen molar-refractivity contribution in [3.8, 4) is 5.69 Å². The minimum Gasteiger partial charge on any atom is -0.366 e. The lowest BCUT2D eigenvalue weighted by molar-refractivity contribution is -0.128. The molecular formula is C27H24F2N4O2S2. The first-order valence-electron chi connectivity index (χ1n) is 11.8. The van der Waals surface area contributed by atoms with Gasteiger partial charge in [0, 0.05) is 31.3 Å². The van der Waals surface area contributed by atoms with Crippen molar-refractivity contribution in [2.75, 3.05) is 41.9 Å². The van der Waals surface area contributed by atoms with E-state index in [0.29, 0.717) is 64.5 Å². The topological polar surface area (TPSA) is 58.4 Å². The number of thioether (sulfide) groups is 2. The first-order valence-corrected chi connectivity index (χ1v) is 13.9. The van der Waals surface area contributed by atoms with Crippen molar-refractivity contribution < 1.29 is 13.6 Å². The minimum absolute atomic E-state index is 0.0289. The van der Waals surface area contributed by atoms with Crippen molar-refractivity contribution in [3.05, 3.63) is 94.8 Å². The molecule has 0 N–H and O–H groups in total. The summed E-state index contributed by atoms with van der Waals surface area (Å²) in [5, 5.41) is 1.47. The number of hydrogen-bond donors (Lipinski definition) is 0. The molecule has 3 aromatic carbocycles. The van der Waals surface area contributed by atoms with E-state index < -0.39 is 0 Å². The first-order chi connectivity index (χ1) is 18.0. The standard InChI is InChI=1S/C27H24F2N4O2S2/c28-19-9-11-20(12-10-19)33-26(35)21-5-1-3-7-23(21)30-27(33)37-18-36-17-25(34)32-15-13-31(14-16-32)24-8-4-2-6-22(24)29/h1-12H,13-18H2. The summed E-state index contributed by atoms with van der Waals surface area (Å²) < 4.78 is 29.0. The second kappa shape index (κ2) is 11.4. The minimum atomic E-state index is -0.386. The molecule has 1 amide bonds. The van der Waals surface area contributed by atoms with Crippen LogP contribution in [0.5, 0.6) is 0 Å². The molecule has 0 spiro atoms. The fourth-order valence-corrected chi connectivity index (χ4v) is 6.17. The number of carbonyl (C=O) groups excluding carboxylic acids is 1. The number of nitrogens with zero attached hydrogens (tertiary/aromatic N) is 4. The SMILES string of the molecule is O=C(CSCSc1nc2ccccc2c(=O)n1-c1ccc(F)cc1)N1CCN(c2ccccc2F)CC1. The van der Waals surface area contributed by atoms with Crippen LogP contribution in [0, 0.1) is 11.6 Å². The Labute approximate surface area is 221 Å². The van der Waals surface area contributed by atoms with Gasteiger partial charge in [0.2, 0.25) is 5.91 Å². The van der Waals surface area contributed by atoms with Gasteiger partial charge in [-0.15, -0.1) is 11.8 Å². The van der Waals surface area contributed by atoms with E-state index in [0.717, 1.165) is 0 Å². The number of aromatic nitrogens is 2. The molecule has 2 heterocycles. The molecule has 1 fully saturated rings. The largest absolute Gasteiger partial charge is 0.366 e. The monoisotopic (exact) mass is 538 g/mol. The van der Waals surface area contributed by atoms with Gasteiger partial charge in [0.05, 0.1) is 28.0 Å². The van der Waals surface area contributed by atoms with Crippen LogP contribution < -0.4 is 10.5 Å². The van der Waals surface area contributed by atoms with Crippen LogP contribution in [0.4, 0.5) is 14.5 Å². The van der Waals surface area contributed by atoms with Crippen LogP contribution in [0.1, 0.15) is 0 Å². The van der Waals surface area contributed by atoms with Crippen LogP contribution in [0.3, 0.4) is 0 Å². The van der Waals surface area contributed by atoms with Crippen LogP contribution in [-0.2, 0) is 4.79 Å². The summed E-state index contributed by atoms with van der Waals surface area (Å²) in [6.07, 6.45) is 0. The average molecular weight is 539 g/mol. The van der Waals surface area contributed by atoms with E-state index in [4.69, 9.17) is 0 Å². The molecule has 1 aromatic heterocycles. The van der Waals surface area contributed by atoms with Gasteiger partial charge in [-0.2, -0.15) is 0 Å². The number of para-hydroxylation sites is 2. The summed E-state index contributed by atoms with van der Waals surface area (Å²) in [6.45, 7) is 2.24. The van der Waals surface area contributed by atoms with Gasteiger partial charge in [-0.3, -0.25) is 14.2 Å². The van der Waals surface area contributed by atoms with E-state index in [2.05, 4.69) is 4.98 Å². The van der Waals surface area contributed by atoms with Crippen LogP contribution in [-0.4, -0.2) is 57.4 Å². The molecular weight excluding hydrogens is 514 g/mol. The van der Waals surface area contributed by atoms with E-state index in [-0.39, 0.29) is 23.1 Å². The quantitative estimate of drug-likeness (QED) is 0.146. The van der Waals surface area contributed by atoms with Gasteiger partial charge < -0.3 is 9.80 Å². The number of hydrogen-bond acceptors (Lipinski definition) is 6. The Bertz CT molecular complexity index is 1470. The maximum Gasteiger partial charge on any atom is 0.266 e. The molecule has 10 heteroatoms. The molecule has 0 radical (unpaired) electrons. The lowest BCUT2D eigenvalue weighted by Crippen LogP contribution is -2.49. The van der Waals surface area contributed by atoms with Crippen LogP contribution in [0.2, 0.25) is 0 Å². The molecule has 5 rings (SSSR count). The molecule has 190 valence electrons. The number of fused-ring (bicyclic) bond motifs is 1. The normalized spacial score (nSPS) is 13.8. The fourth-order valence-electron chi connectivity index (χ4n) is 4.25. The Kier molecular flexibility index (Phi) is 7.76. The highest BCUT2D eigenvalue weighted by Crippen LogP contribution is 2.25. The number of carbonyl (C=O) groups is 1. The van der Waals surface area contributed by atoms with Gasteiger partial charge >= 0.3 is 0 Å². The molecule has 1 saturated heterocycles. The third kappa shape index (κ3) is 5.65. The van der Waals surface area contributed by atoms with Crippen LogP contribution >= 0.6 is 23.5 Å². The van der Waals surface area contributed by atoms with Crippen molar-refractivity contribution >= 4 is 46.0 Å². The second-order valence-corrected chi connectivity index (χ2v) is 10.8. The molecule has 0 aliphatic carbocycles. The van der Waals surface area contributed by atoms with Gasteiger partial charge in [-0.1, -0.05) is 36.0 Å². The molecule has 0 saturated carbocycles. The molecule has 0 atom stereocenters. The summed E-state index contributed by atoms with van der Waals surface area (Å²) in [5.41, 5.74) is 1.45. The highest BCUT2D eigenvalue weighted by Gasteiger charge is 2.22. The van der Waals surface area contributed by atoms with Crippen LogP contribution in [0.15, 0.2) is 82.7 Å². The molecule has 37 heavy (non-hydrogen) atoms. The summed E-state index contributed by atoms with van der Waals surface area (Å²) in [6, 6.07) is 19.5. The maximum absolute atomic E-state index is 14.1. The Balaban J connectivity index is 1.21. The number of benzene rings is 3. The summed E-state index contributed by atoms with van der Waals surface area (Å²) in [7, 11) is 0. The van der Waals surface area contributed by atoms with Crippen molar-refractivity contribution in [1.82, 2.24) is 14.5 Å². The lowest BCUT2D eigenvalue weighted by Gasteiger charge is -2.36. The number of anilines is 1. The molecule has 0 bridgehead atoms. The molecule has 4 aromatic rings. The van der Waals surface area contributed by atoms with Gasteiger partial charge in [0.15, 0.2) is 5.16 Å². The predicted octanol–water partition coefficient (Wildman–Crippen LogP) is 4.80. The summed E-state index contributed by atoms with van der Waals surface area (Å²) >= 11 is 2.81. The van der Waals surface area contributed by atoms with Gasteiger partial charge in [0.1, 0.15) is 11.6 Å². The second-order valence-electron chi connectivity index (χ2n) is 8.46. The predicted molar refractivity (Wildman–Crippen MR) is 146 cm³/mol. The van der Waals surface area contributed by atoms with Gasteiger partial charge in [-0.05, 0) is 48.5 Å². The fraction of sp³-hybridized carbons (Fsp3) is 0.222. The van der Waals surface area contributed by atoms with Crippen molar-refractivity contribution in [3.63, 3.8) is 0 Å². The number of rotatable bonds is 7. The smallest absolute Gasteiger partial charge is 0.266 e. The lowest BCUT2D eigenvalue weighted by atomic mass is 10.2. The highest BCUT2D eigenvalue weighted by atomic mass is 32.2.